The number of ketones is 1. The molecule has 0 aromatic heterocycles. The van der Waals surface area contributed by atoms with Crippen LogP contribution in [-0.4, -0.2) is 12.4 Å². The van der Waals surface area contributed by atoms with E-state index in [4.69, 9.17) is 16.3 Å². The number of carbonyl (C=O) groups is 1. The van der Waals surface area contributed by atoms with Crippen LogP contribution in [-0.2, 0) is 4.79 Å². The predicted octanol–water partition coefficient (Wildman–Crippen LogP) is 3.09. The molecule has 0 atom stereocenters. The molecule has 2 nitrogen and oxygen atoms in total. The predicted molar refractivity (Wildman–Crippen MR) is 56.9 cm³/mol. The van der Waals surface area contributed by atoms with Gasteiger partial charge in [-0.05, 0) is 25.5 Å². The largest absolute Gasteiger partial charge is 0.492 e. The second-order valence-corrected chi connectivity index (χ2v) is 3.49. The van der Waals surface area contributed by atoms with E-state index in [-0.39, 0.29) is 5.78 Å². The van der Waals surface area contributed by atoms with E-state index in [2.05, 4.69) is 0 Å². The molecular weight excluding hydrogens is 200 g/mol. The van der Waals surface area contributed by atoms with Crippen LogP contribution in [0.5, 0.6) is 5.75 Å². The highest BCUT2D eigenvalue weighted by Crippen LogP contribution is 2.23. The van der Waals surface area contributed by atoms with Gasteiger partial charge in [-0.2, -0.15) is 0 Å². The normalized spacial score (nSPS) is 9.86. The lowest BCUT2D eigenvalue weighted by atomic mass is 10.2. The van der Waals surface area contributed by atoms with E-state index in [9.17, 15) is 4.79 Å². The second-order valence-electron chi connectivity index (χ2n) is 3.08. The van der Waals surface area contributed by atoms with Crippen molar-refractivity contribution in [1.82, 2.24) is 0 Å². The maximum atomic E-state index is 10.6. The fraction of sp³-hybridized carbons (Fsp3) is 0.364. The Morgan fingerprint density at radius 2 is 2.14 bits per heavy atom. The lowest BCUT2D eigenvalue weighted by molar-refractivity contribution is -0.117. The highest BCUT2D eigenvalue weighted by molar-refractivity contribution is 6.32. The summed E-state index contributed by atoms with van der Waals surface area (Å²) in [6, 6.07) is 7.31. The number of benzene rings is 1. The van der Waals surface area contributed by atoms with E-state index in [1.54, 1.807) is 13.0 Å². The van der Waals surface area contributed by atoms with E-state index < -0.39 is 0 Å². The van der Waals surface area contributed by atoms with Gasteiger partial charge in [0.1, 0.15) is 11.5 Å². The smallest absolute Gasteiger partial charge is 0.137 e. The van der Waals surface area contributed by atoms with Gasteiger partial charge in [0.05, 0.1) is 11.6 Å². The molecule has 0 saturated carbocycles. The number of para-hydroxylation sites is 1. The standard InChI is InChI=1S/C11H13ClO2/c1-9(13)5-4-8-14-11-7-3-2-6-10(11)12/h2-3,6-7H,4-5,8H2,1H3. The summed E-state index contributed by atoms with van der Waals surface area (Å²) in [6.07, 6.45) is 1.30. The Hall–Kier alpha value is -1.02. The van der Waals surface area contributed by atoms with Crippen molar-refractivity contribution in [1.29, 1.82) is 0 Å². The Morgan fingerprint density at radius 3 is 2.79 bits per heavy atom. The second kappa shape index (κ2) is 5.66. The van der Waals surface area contributed by atoms with E-state index in [1.807, 2.05) is 18.2 Å². The Labute approximate surface area is 88.8 Å². The number of Topliss-reactive ketones (excluding diaryl/α,β-unsaturated/α-hetero) is 1. The SMILES string of the molecule is CC(=O)CCCOc1ccccc1Cl. The zero-order valence-corrected chi connectivity index (χ0v) is 8.88. The van der Waals surface area contributed by atoms with Gasteiger partial charge in [0.15, 0.2) is 0 Å². The molecule has 0 unspecified atom stereocenters. The Kier molecular flexibility index (Phi) is 4.47. The monoisotopic (exact) mass is 212 g/mol. The molecule has 1 aromatic carbocycles. The van der Waals surface area contributed by atoms with Crippen LogP contribution in [0.25, 0.3) is 0 Å². The van der Waals surface area contributed by atoms with Gasteiger partial charge >= 0.3 is 0 Å². The molecule has 76 valence electrons. The van der Waals surface area contributed by atoms with Crippen molar-refractivity contribution in [2.45, 2.75) is 19.8 Å². The average molecular weight is 213 g/mol. The van der Waals surface area contributed by atoms with Gasteiger partial charge in [0.2, 0.25) is 0 Å². The van der Waals surface area contributed by atoms with Crippen molar-refractivity contribution < 1.29 is 9.53 Å². The third-order valence-electron chi connectivity index (χ3n) is 1.77. The first-order valence-electron chi connectivity index (χ1n) is 4.57. The van der Waals surface area contributed by atoms with Crippen LogP contribution < -0.4 is 4.74 Å². The van der Waals surface area contributed by atoms with Crippen molar-refractivity contribution in [3.63, 3.8) is 0 Å². The van der Waals surface area contributed by atoms with Gasteiger partial charge < -0.3 is 9.53 Å². The van der Waals surface area contributed by atoms with Crippen molar-refractivity contribution in [3.8, 4) is 5.75 Å². The maximum absolute atomic E-state index is 10.6. The van der Waals surface area contributed by atoms with Crippen LogP contribution in [0.15, 0.2) is 24.3 Å². The summed E-state index contributed by atoms with van der Waals surface area (Å²) in [5.41, 5.74) is 0. The molecule has 0 N–H and O–H groups in total. The van der Waals surface area contributed by atoms with Gasteiger partial charge in [-0.15, -0.1) is 0 Å². The summed E-state index contributed by atoms with van der Waals surface area (Å²) >= 11 is 5.87. The van der Waals surface area contributed by atoms with Crippen molar-refractivity contribution >= 4 is 17.4 Å². The third-order valence-corrected chi connectivity index (χ3v) is 2.08. The van der Waals surface area contributed by atoms with Gasteiger partial charge in [-0.3, -0.25) is 0 Å². The highest BCUT2D eigenvalue weighted by Gasteiger charge is 1.99. The van der Waals surface area contributed by atoms with Crippen LogP contribution in [0.4, 0.5) is 0 Å². The third kappa shape index (κ3) is 3.79. The maximum Gasteiger partial charge on any atom is 0.137 e. The molecule has 0 radical (unpaired) electrons. The van der Waals surface area contributed by atoms with Gasteiger partial charge in [-0.25, -0.2) is 0 Å². The van der Waals surface area contributed by atoms with Crippen LogP contribution in [0.3, 0.4) is 0 Å². The molecule has 0 aliphatic heterocycles. The fourth-order valence-corrected chi connectivity index (χ4v) is 1.26. The average Bonchev–Trinajstić information content (AvgIpc) is 2.15. The van der Waals surface area contributed by atoms with E-state index in [0.717, 1.165) is 6.42 Å². The molecule has 3 heteroatoms. The lowest BCUT2D eigenvalue weighted by Crippen LogP contribution is -2.00. The molecule has 0 fully saturated rings. The summed E-state index contributed by atoms with van der Waals surface area (Å²) in [6.45, 7) is 2.11. The van der Waals surface area contributed by atoms with Crippen LogP contribution in [0, 0.1) is 0 Å². The van der Waals surface area contributed by atoms with Crippen molar-refractivity contribution in [2.24, 2.45) is 0 Å². The lowest BCUT2D eigenvalue weighted by Gasteiger charge is -2.06. The first-order chi connectivity index (χ1) is 6.70. The fourth-order valence-electron chi connectivity index (χ4n) is 1.07. The Balaban J connectivity index is 2.31. The molecule has 0 amide bonds. The molecule has 0 heterocycles. The van der Waals surface area contributed by atoms with E-state index in [0.29, 0.717) is 23.8 Å². The quantitative estimate of drug-likeness (QED) is 0.702. The number of carbonyl (C=O) groups excluding carboxylic acids is 1. The summed E-state index contributed by atoms with van der Waals surface area (Å²) < 4.78 is 5.40. The minimum atomic E-state index is 0.188. The molecular formula is C11H13ClO2. The summed E-state index contributed by atoms with van der Waals surface area (Å²) in [4.78, 5) is 10.6. The molecule has 14 heavy (non-hydrogen) atoms. The molecule has 0 saturated heterocycles. The minimum absolute atomic E-state index is 0.188. The van der Waals surface area contributed by atoms with E-state index >= 15 is 0 Å². The molecule has 1 rings (SSSR count). The molecule has 0 aliphatic carbocycles. The highest BCUT2D eigenvalue weighted by atomic mass is 35.5. The Bertz CT molecular complexity index is 310. The zero-order chi connectivity index (χ0) is 10.4. The van der Waals surface area contributed by atoms with Crippen LogP contribution in [0.1, 0.15) is 19.8 Å². The number of rotatable bonds is 5. The first kappa shape index (κ1) is 11.1. The first-order valence-corrected chi connectivity index (χ1v) is 4.94. The molecule has 0 aliphatic rings. The van der Waals surface area contributed by atoms with Gasteiger partial charge in [-0.1, -0.05) is 23.7 Å². The van der Waals surface area contributed by atoms with Gasteiger partial charge in [0.25, 0.3) is 0 Å². The Morgan fingerprint density at radius 1 is 1.43 bits per heavy atom. The van der Waals surface area contributed by atoms with Crippen LogP contribution >= 0.6 is 11.6 Å². The summed E-state index contributed by atoms with van der Waals surface area (Å²) in [5, 5.41) is 0.607. The molecule has 0 spiro atoms. The van der Waals surface area contributed by atoms with Crippen molar-refractivity contribution in [3.05, 3.63) is 29.3 Å². The van der Waals surface area contributed by atoms with Crippen molar-refractivity contribution in [2.75, 3.05) is 6.61 Å². The number of ether oxygens (including phenoxy) is 1. The van der Waals surface area contributed by atoms with E-state index in [1.165, 1.54) is 0 Å². The number of hydrogen-bond donors (Lipinski definition) is 0. The molecule has 1 aromatic rings. The summed E-state index contributed by atoms with van der Waals surface area (Å²) in [7, 11) is 0. The minimum Gasteiger partial charge on any atom is -0.492 e. The van der Waals surface area contributed by atoms with Gasteiger partial charge in [0, 0.05) is 6.42 Å². The molecule has 0 bridgehead atoms. The topological polar surface area (TPSA) is 26.3 Å². The zero-order valence-electron chi connectivity index (χ0n) is 8.13. The van der Waals surface area contributed by atoms with Crippen LogP contribution in [0.2, 0.25) is 5.02 Å². The number of halogens is 1. The summed E-state index contributed by atoms with van der Waals surface area (Å²) in [5.74, 6) is 0.866. The number of hydrogen-bond acceptors (Lipinski definition) is 2.